The molecule has 0 bridgehead atoms. The molecule has 0 amide bonds. The normalized spacial score (nSPS) is 18.4. The molecule has 0 atom stereocenters. The van der Waals surface area contributed by atoms with Crippen LogP contribution in [0.25, 0.3) is 21.3 Å². The summed E-state index contributed by atoms with van der Waals surface area (Å²) >= 11 is 1.61. The summed E-state index contributed by atoms with van der Waals surface area (Å²) in [6, 6.07) is 14.8. The van der Waals surface area contributed by atoms with Crippen molar-refractivity contribution in [3.8, 4) is 11.1 Å². The average molecular weight is 461 g/mol. The van der Waals surface area contributed by atoms with Crippen molar-refractivity contribution in [1.29, 1.82) is 0 Å². The third-order valence-electron chi connectivity index (χ3n) is 5.93. The van der Waals surface area contributed by atoms with Crippen LogP contribution < -0.4 is 16.0 Å². The first kappa shape index (κ1) is 21.8. The molecular weight excluding hydrogens is 432 g/mol. The highest BCUT2D eigenvalue weighted by Crippen LogP contribution is 2.32. The molecule has 0 unspecified atom stereocenters. The number of nitrogens with one attached hydrogen (secondary N) is 3. The molecule has 4 N–H and O–H groups in total. The standard InChI is InChI=1S/C25H28N6OS/c1-26-13-16-11-18(15-27-14-16)17-5-10-21-22(12-17)33-25(29-21)31-24-4-2-3-23(30-24)28-19-6-8-20(32)9-7-19/h2-5,10-12,14-15,19-20,26,32H,6-9,13H2,1H3,(H2,28,29,30,31)/t19-,20-. The monoisotopic (exact) mass is 460 g/mol. The first-order valence-corrected chi connectivity index (χ1v) is 12.2. The molecule has 1 saturated carbocycles. The topological polar surface area (TPSA) is 95.0 Å². The maximum atomic E-state index is 9.71. The molecule has 0 aliphatic heterocycles. The number of rotatable bonds is 7. The Morgan fingerprint density at radius 3 is 2.67 bits per heavy atom. The van der Waals surface area contributed by atoms with E-state index in [4.69, 9.17) is 9.97 Å². The number of thiazole rings is 1. The summed E-state index contributed by atoms with van der Waals surface area (Å²) in [4.78, 5) is 13.8. The highest BCUT2D eigenvalue weighted by Gasteiger charge is 2.19. The van der Waals surface area contributed by atoms with Crippen LogP contribution in [0.5, 0.6) is 0 Å². The number of aliphatic hydroxyl groups is 1. The fourth-order valence-electron chi connectivity index (χ4n) is 4.23. The van der Waals surface area contributed by atoms with Gasteiger partial charge in [0, 0.05) is 30.5 Å². The minimum absolute atomic E-state index is 0.155. The second kappa shape index (κ2) is 9.82. The van der Waals surface area contributed by atoms with Gasteiger partial charge in [0.1, 0.15) is 11.6 Å². The number of anilines is 3. The molecule has 0 spiro atoms. The van der Waals surface area contributed by atoms with Crippen LogP contribution >= 0.6 is 11.3 Å². The van der Waals surface area contributed by atoms with Crippen molar-refractivity contribution in [2.45, 2.75) is 44.4 Å². The summed E-state index contributed by atoms with van der Waals surface area (Å²) in [5.74, 6) is 1.61. The summed E-state index contributed by atoms with van der Waals surface area (Å²) in [7, 11) is 1.94. The van der Waals surface area contributed by atoms with Crippen LogP contribution in [0.1, 0.15) is 31.2 Å². The third-order valence-corrected chi connectivity index (χ3v) is 6.86. The van der Waals surface area contributed by atoms with Gasteiger partial charge in [-0.3, -0.25) is 4.98 Å². The molecule has 8 heteroatoms. The van der Waals surface area contributed by atoms with Gasteiger partial charge >= 0.3 is 0 Å². The number of fused-ring (bicyclic) bond motifs is 1. The van der Waals surface area contributed by atoms with E-state index in [1.807, 2.05) is 37.6 Å². The maximum absolute atomic E-state index is 9.71. The van der Waals surface area contributed by atoms with E-state index in [9.17, 15) is 5.11 Å². The highest BCUT2D eigenvalue weighted by molar-refractivity contribution is 7.22. The van der Waals surface area contributed by atoms with Gasteiger partial charge in [0.15, 0.2) is 5.13 Å². The number of hydrogen-bond donors (Lipinski definition) is 4. The van der Waals surface area contributed by atoms with Crippen LogP contribution in [-0.4, -0.2) is 39.3 Å². The second-order valence-corrected chi connectivity index (χ2v) is 9.53. The number of pyridine rings is 2. The molecule has 33 heavy (non-hydrogen) atoms. The zero-order valence-electron chi connectivity index (χ0n) is 18.6. The van der Waals surface area contributed by atoms with Crippen molar-refractivity contribution in [3.63, 3.8) is 0 Å². The first-order valence-electron chi connectivity index (χ1n) is 11.3. The number of nitrogens with zero attached hydrogens (tertiary/aromatic N) is 3. The van der Waals surface area contributed by atoms with Crippen molar-refractivity contribution in [3.05, 3.63) is 60.4 Å². The molecular formula is C25H28N6OS. The van der Waals surface area contributed by atoms with Gasteiger partial charge in [0.2, 0.25) is 0 Å². The third kappa shape index (κ3) is 5.30. The Kier molecular flexibility index (Phi) is 6.48. The average Bonchev–Trinajstić information content (AvgIpc) is 3.23. The predicted molar refractivity (Wildman–Crippen MR) is 135 cm³/mol. The van der Waals surface area contributed by atoms with Gasteiger partial charge in [-0.2, -0.15) is 0 Å². The molecule has 0 radical (unpaired) electrons. The van der Waals surface area contributed by atoms with E-state index in [0.717, 1.165) is 75.9 Å². The molecule has 1 aliphatic carbocycles. The number of aliphatic hydroxyl groups excluding tert-OH is 1. The van der Waals surface area contributed by atoms with Crippen LogP contribution in [0, 0.1) is 0 Å². The Bertz CT molecular complexity index is 1230. The van der Waals surface area contributed by atoms with Gasteiger partial charge in [0.05, 0.1) is 16.3 Å². The Hall–Kier alpha value is -3.07. The van der Waals surface area contributed by atoms with Crippen LogP contribution in [0.2, 0.25) is 0 Å². The number of aromatic nitrogens is 3. The zero-order chi connectivity index (χ0) is 22.6. The van der Waals surface area contributed by atoms with Crippen LogP contribution in [0.4, 0.5) is 16.8 Å². The van der Waals surface area contributed by atoms with Crippen molar-refractivity contribution in [2.75, 3.05) is 17.7 Å². The number of hydrogen-bond acceptors (Lipinski definition) is 8. The van der Waals surface area contributed by atoms with Crippen molar-refractivity contribution in [1.82, 2.24) is 20.3 Å². The highest BCUT2D eigenvalue weighted by atomic mass is 32.1. The lowest BCUT2D eigenvalue weighted by molar-refractivity contribution is 0.126. The molecule has 7 nitrogen and oxygen atoms in total. The minimum atomic E-state index is -0.155. The van der Waals surface area contributed by atoms with Crippen molar-refractivity contribution < 1.29 is 5.11 Å². The summed E-state index contributed by atoms with van der Waals surface area (Å²) in [5, 5.41) is 20.6. The summed E-state index contributed by atoms with van der Waals surface area (Å²) in [5.41, 5.74) is 4.35. The molecule has 4 aromatic rings. The van der Waals surface area contributed by atoms with E-state index in [-0.39, 0.29) is 6.10 Å². The van der Waals surface area contributed by atoms with Crippen LogP contribution in [0.15, 0.2) is 54.9 Å². The summed E-state index contributed by atoms with van der Waals surface area (Å²) in [6.07, 6.45) is 7.26. The van der Waals surface area contributed by atoms with Gasteiger partial charge < -0.3 is 21.1 Å². The van der Waals surface area contributed by atoms with Crippen molar-refractivity contribution >= 4 is 38.3 Å². The van der Waals surface area contributed by atoms with Gasteiger partial charge in [-0.05, 0) is 74.2 Å². The zero-order valence-corrected chi connectivity index (χ0v) is 19.4. The molecule has 170 valence electrons. The summed E-state index contributed by atoms with van der Waals surface area (Å²) in [6.45, 7) is 0.793. The molecule has 3 heterocycles. The minimum Gasteiger partial charge on any atom is -0.393 e. The Labute approximate surface area is 197 Å². The van der Waals surface area contributed by atoms with Crippen LogP contribution in [-0.2, 0) is 6.54 Å². The van der Waals surface area contributed by atoms with E-state index in [0.29, 0.717) is 6.04 Å². The molecule has 5 rings (SSSR count). The quantitative estimate of drug-likeness (QED) is 0.311. The predicted octanol–water partition coefficient (Wildman–Crippen LogP) is 4.93. The summed E-state index contributed by atoms with van der Waals surface area (Å²) < 4.78 is 1.11. The van der Waals surface area contributed by atoms with Gasteiger partial charge in [-0.1, -0.05) is 23.5 Å². The Morgan fingerprint density at radius 2 is 1.82 bits per heavy atom. The Morgan fingerprint density at radius 1 is 0.970 bits per heavy atom. The lowest BCUT2D eigenvalue weighted by atomic mass is 9.93. The number of benzene rings is 1. The lowest BCUT2D eigenvalue weighted by Gasteiger charge is -2.26. The van der Waals surface area contributed by atoms with E-state index >= 15 is 0 Å². The fourth-order valence-corrected chi connectivity index (χ4v) is 5.14. The van der Waals surface area contributed by atoms with Crippen LogP contribution in [0.3, 0.4) is 0 Å². The molecule has 1 aromatic carbocycles. The van der Waals surface area contributed by atoms with Gasteiger partial charge in [0.25, 0.3) is 0 Å². The van der Waals surface area contributed by atoms with E-state index in [2.05, 4.69) is 45.2 Å². The molecule has 1 fully saturated rings. The first-order chi connectivity index (χ1) is 16.2. The van der Waals surface area contributed by atoms with Gasteiger partial charge in [-0.25, -0.2) is 9.97 Å². The lowest BCUT2D eigenvalue weighted by Crippen LogP contribution is -2.28. The molecule has 0 saturated heterocycles. The van der Waals surface area contributed by atoms with E-state index in [1.54, 1.807) is 11.3 Å². The van der Waals surface area contributed by atoms with E-state index in [1.165, 1.54) is 0 Å². The second-order valence-electron chi connectivity index (χ2n) is 8.50. The smallest absolute Gasteiger partial charge is 0.189 e. The van der Waals surface area contributed by atoms with Gasteiger partial charge in [-0.15, -0.1) is 0 Å². The SMILES string of the molecule is CNCc1cncc(-c2ccc3nc(Nc4cccc(N[C@H]5CC[C@H](O)CC5)n4)sc3c2)c1. The van der Waals surface area contributed by atoms with Crippen molar-refractivity contribution in [2.24, 2.45) is 0 Å². The maximum Gasteiger partial charge on any atom is 0.189 e. The fraction of sp³-hybridized carbons (Fsp3) is 0.320. The molecule has 1 aliphatic rings. The van der Waals surface area contributed by atoms with E-state index < -0.39 is 0 Å². The molecule has 3 aromatic heterocycles. The largest absolute Gasteiger partial charge is 0.393 e. The Balaban J connectivity index is 1.31.